The summed E-state index contributed by atoms with van der Waals surface area (Å²) in [7, 11) is 0. The molecule has 0 aliphatic carbocycles. The van der Waals surface area contributed by atoms with Crippen molar-refractivity contribution in [2.45, 2.75) is 26.4 Å². The Morgan fingerprint density at radius 2 is 2.00 bits per heavy atom. The lowest BCUT2D eigenvalue weighted by Crippen LogP contribution is -2.42. The van der Waals surface area contributed by atoms with Crippen molar-refractivity contribution in [2.24, 2.45) is 5.41 Å². The van der Waals surface area contributed by atoms with Crippen LogP contribution in [0.4, 0.5) is 0 Å². The van der Waals surface area contributed by atoms with Crippen molar-refractivity contribution in [1.29, 1.82) is 0 Å². The SMILES string of the molecule is CC(C)(CC(=O)NCC1COc2ccccc2O1)C(=O)O. The molecule has 1 aliphatic heterocycles. The first kappa shape index (κ1) is 15.2. The second kappa shape index (κ2) is 6.03. The highest BCUT2D eigenvalue weighted by molar-refractivity contribution is 5.84. The number of para-hydroxylation sites is 2. The van der Waals surface area contributed by atoms with Gasteiger partial charge in [-0.2, -0.15) is 0 Å². The number of hydrogen-bond acceptors (Lipinski definition) is 4. The minimum Gasteiger partial charge on any atom is -0.486 e. The van der Waals surface area contributed by atoms with Crippen LogP contribution < -0.4 is 14.8 Å². The Hall–Kier alpha value is -2.24. The Balaban J connectivity index is 1.82. The minimum absolute atomic E-state index is 0.0769. The Labute approximate surface area is 123 Å². The molecule has 1 amide bonds. The highest BCUT2D eigenvalue weighted by atomic mass is 16.6. The molecule has 21 heavy (non-hydrogen) atoms. The number of amides is 1. The van der Waals surface area contributed by atoms with E-state index in [0.717, 1.165) is 0 Å². The first-order chi connectivity index (χ1) is 9.88. The molecule has 2 rings (SSSR count). The molecule has 1 aromatic carbocycles. The second-order valence-corrected chi connectivity index (χ2v) is 5.67. The number of fused-ring (bicyclic) bond motifs is 1. The van der Waals surface area contributed by atoms with E-state index in [9.17, 15) is 9.59 Å². The van der Waals surface area contributed by atoms with Gasteiger partial charge in [0, 0.05) is 6.42 Å². The molecule has 0 aromatic heterocycles. The number of rotatable bonds is 5. The molecule has 0 spiro atoms. The largest absolute Gasteiger partial charge is 0.486 e. The van der Waals surface area contributed by atoms with Crippen LogP contribution in [0.1, 0.15) is 20.3 Å². The van der Waals surface area contributed by atoms with E-state index in [2.05, 4.69) is 5.32 Å². The van der Waals surface area contributed by atoms with Crippen LogP contribution in [0.5, 0.6) is 11.5 Å². The van der Waals surface area contributed by atoms with Gasteiger partial charge in [0.25, 0.3) is 0 Å². The summed E-state index contributed by atoms with van der Waals surface area (Å²) in [6, 6.07) is 7.33. The maximum Gasteiger partial charge on any atom is 0.309 e. The van der Waals surface area contributed by atoms with Crippen molar-refractivity contribution >= 4 is 11.9 Å². The molecule has 1 atom stereocenters. The number of carboxylic acids is 1. The van der Waals surface area contributed by atoms with Crippen LogP contribution in [0.15, 0.2) is 24.3 Å². The monoisotopic (exact) mass is 293 g/mol. The van der Waals surface area contributed by atoms with Gasteiger partial charge in [0.1, 0.15) is 12.7 Å². The summed E-state index contributed by atoms with van der Waals surface area (Å²) in [4.78, 5) is 22.8. The summed E-state index contributed by atoms with van der Waals surface area (Å²) in [6.07, 6.45) is -0.358. The van der Waals surface area contributed by atoms with E-state index in [-0.39, 0.29) is 25.0 Å². The van der Waals surface area contributed by atoms with E-state index in [4.69, 9.17) is 14.6 Å². The molecule has 6 heteroatoms. The Bertz CT molecular complexity index is 541. The first-order valence-corrected chi connectivity index (χ1v) is 6.77. The lowest BCUT2D eigenvalue weighted by Gasteiger charge is -2.27. The van der Waals surface area contributed by atoms with E-state index >= 15 is 0 Å². The van der Waals surface area contributed by atoms with Crippen LogP contribution in [0.25, 0.3) is 0 Å². The van der Waals surface area contributed by atoms with Gasteiger partial charge in [-0.1, -0.05) is 12.1 Å². The summed E-state index contributed by atoms with van der Waals surface area (Å²) in [5.74, 6) is 0.0228. The molecule has 1 aliphatic rings. The van der Waals surface area contributed by atoms with Crippen LogP contribution in [0.2, 0.25) is 0 Å². The third-order valence-corrected chi connectivity index (χ3v) is 3.28. The third-order valence-electron chi connectivity index (χ3n) is 3.28. The normalized spacial score (nSPS) is 17.1. The number of aliphatic carboxylic acids is 1. The van der Waals surface area contributed by atoms with E-state index < -0.39 is 11.4 Å². The molecule has 2 N–H and O–H groups in total. The summed E-state index contributed by atoms with van der Waals surface area (Å²) in [5, 5.41) is 11.7. The summed E-state index contributed by atoms with van der Waals surface area (Å²) >= 11 is 0. The number of nitrogens with one attached hydrogen (secondary N) is 1. The average molecular weight is 293 g/mol. The molecule has 0 radical (unpaired) electrons. The molecule has 0 fully saturated rings. The van der Waals surface area contributed by atoms with Crippen molar-refractivity contribution in [3.05, 3.63) is 24.3 Å². The number of carbonyl (C=O) groups is 2. The highest BCUT2D eigenvalue weighted by Gasteiger charge is 2.30. The van der Waals surface area contributed by atoms with Gasteiger partial charge >= 0.3 is 5.97 Å². The number of carbonyl (C=O) groups excluding carboxylic acids is 1. The van der Waals surface area contributed by atoms with Gasteiger partial charge in [-0.3, -0.25) is 9.59 Å². The van der Waals surface area contributed by atoms with Gasteiger partial charge in [0.05, 0.1) is 12.0 Å². The summed E-state index contributed by atoms with van der Waals surface area (Å²) in [6.45, 7) is 3.67. The Morgan fingerprint density at radius 3 is 2.67 bits per heavy atom. The van der Waals surface area contributed by atoms with Gasteiger partial charge in [-0.25, -0.2) is 0 Å². The number of ether oxygens (including phenoxy) is 2. The average Bonchev–Trinajstić information content (AvgIpc) is 2.44. The maximum atomic E-state index is 11.8. The Kier molecular flexibility index (Phi) is 4.35. The highest BCUT2D eigenvalue weighted by Crippen LogP contribution is 2.30. The lowest BCUT2D eigenvalue weighted by molar-refractivity contribution is -0.149. The van der Waals surface area contributed by atoms with Crippen LogP contribution in [0, 0.1) is 5.41 Å². The molecule has 0 saturated heterocycles. The molecular formula is C15H19NO5. The van der Waals surface area contributed by atoms with E-state index in [1.807, 2.05) is 18.2 Å². The third kappa shape index (κ3) is 3.87. The van der Waals surface area contributed by atoms with Crippen molar-refractivity contribution < 1.29 is 24.2 Å². The number of carboxylic acid groups (broad SMARTS) is 1. The Morgan fingerprint density at radius 1 is 1.33 bits per heavy atom. The molecular weight excluding hydrogens is 274 g/mol. The molecule has 1 heterocycles. The van der Waals surface area contributed by atoms with Gasteiger partial charge < -0.3 is 19.9 Å². The molecule has 0 bridgehead atoms. The zero-order valence-corrected chi connectivity index (χ0v) is 12.1. The lowest BCUT2D eigenvalue weighted by atomic mass is 9.89. The molecule has 1 unspecified atom stereocenters. The summed E-state index contributed by atoms with van der Waals surface area (Å²) < 4.78 is 11.2. The van der Waals surface area contributed by atoms with Gasteiger partial charge in [0.15, 0.2) is 11.5 Å². The van der Waals surface area contributed by atoms with Crippen LogP contribution in [0.3, 0.4) is 0 Å². The van der Waals surface area contributed by atoms with Crippen molar-refractivity contribution in [2.75, 3.05) is 13.2 Å². The van der Waals surface area contributed by atoms with Crippen molar-refractivity contribution in [3.8, 4) is 11.5 Å². The smallest absolute Gasteiger partial charge is 0.309 e. The first-order valence-electron chi connectivity index (χ1n) is 6.77. The zero-order valence-electron chi connectivity index (χ0n) is 12.1. The molecule has 6 nitrogen and oxygen atoms in total. The standard InChI is InChI=1S/C15H19NO5/c1-15(2,14(18)19)7-13(17)16-8-10-9-20-11-5-3-4-6-12(11)21-10/h3-6,10H,7-9H2,1-2H3,(H,16,17)(H,18,19). The van der Waals surface area contributed by atoms with Crippen LogP contribution in [-0.4, -0.2) is 36.2 Å². The predicted molar refractivity (Wildman–Crippen MR) is 75.4 cm³/mol. The van der Waals surface area contributed by atoms with E-state index in [0.29, 0.717) is 18.1 Å². The number of benzene rings is 1. The van der Waals surface area contributed by atoms with Crippen LogP contribution in [-0.2, 0) is 9.59 Å². The molecule has 114 valence electrons. The number of hydrogen-bond donors (Lipinski definition) is 2. The summed E-state index contributed by atoms with van der Waals surface area (Å²) in [5.41, 5.74) is -1.08. The van der Waals surface area contributed by atoms with E-state index in [1.54, 1.807) is 6.07 Å². The zero-order chi connectivity index (χ0) is 15.5. The van der Waals surface area contributed by atoms with E-state index in [1.165, 1.54) is 13.8 Å². The van der Waals surface area contributed by atoms with Gasteiger partial charge in [0.2, 0.25) is 5.91 Å². The van der Waals surface area contributed by atoms with Crippen molar-refractivity contribution in [1.82, 2.24) is 5.32 Å². The van der Waals surface area contributed by atoms with Crippen LogP contribution >= 0.6 is 0 Å². The second-order valence-electron chi connectivity index (χ2n) is 5.67. The molecule has 0 saturated carbocycles. The minimum atomic E-state index is -1.08. The topological polar surface area (TPSA) is 84.9 Å². The molecule has 1 aromatic rings. The fraction of sp³-hybridized carbons (Fsp3) is 0.467. The fourth-order valence-electron chi connectivity index (χ4n) is 1.93. The quantitative estimate of drug-likeness (QED) is 0.858. The van der Waals surface area contributed by atoms with Gasteiger partial charge in [-0.15, -0.1) is 0 Å². The van der Waals surface area contributed by atoms with Gasteiger partial charge in [-0.05, 0) is 26.0 Å². The maximum absolute atomic E-state index is 11.8. The predicted octanol–water partition coefficient (Wildman–Crippen LogP) is 1.44. The fourth-order valence-corrected chi connectivity index (χ4v) is 1.93. The van der Waals surface area contributed by atoms with Crippen molar-refractivity contribution in [3.63, 3.8) is 0 Å².